The first-order chi connectivity index (χ1) is 8.72. The summed E-state index contributed by atoms with van der Waals surface area (Å²) < 4.78 is 11.3. The largest absolute Gasteiger partial charge is 0.379 e. The van der Waals surface area contributed by atoms with Gasteiger partial charge in [0.15, 0.2) is 0 Å². The van der Waals surface area contributed by atoms with Gasteiger partial charge in [0, 0.05) is 25.7 Å². The van der Waals surface area contributed by atoms with Crippen LogP contribution in [0.3, 0.4) is 0 Å². The van der Waals surface area contributed by atoms with E-state index in [1.54, 1.807) is 0 Å². The summed E-state index contributed by atoms with van der Waals surface area (Å²) in [5.74, 6) is 0. The van der Waals surface area contributed by atoms with E-state index in [1.165, 1.54) is 12.8 Å². The van der Waals surface area contributed by atoms with Gasteiger partial charge in [-0.2, -0.15) is 0 Å². The molecule has 0 aromatic rings. The molecule has 1 rings (SSSR count). The molecule has 18 heavy (non-hydrogen) atoms. The van der Waals surface area contributed by atoms with Crippen LogP contribution in [0.2, 0.25) is 0 Å². The fourth-order valence-corrected chi connectivity index (χ4v) is 2.27. The molecular formula is C14H30N2O2. The topological polar surface area (TPSA) is 33.7 Å². The van der Waals surface area contributed by atoms with E-state index < -0.39 is 0 Å². The predicted molar refractivity (Wildman–Crippen MR) is 75.0 cm³/mol. The van der Waals surface area contributed by atoms with Crippen molar-refractivity contribution in [3.8, 4) is 0 Å². The average Bonchev–Trinajstić information content (AvgIpc) is 2.34. The van der Waals surface area contributed by atoms with E-state index in [-0.39, 0.29) is 0 Å². The van der Waals surface area contributed by atoms with Crippen molar-refractivity contribution in [2.45, 2.75) is 44.8 Å². The van der Waals surface area contributed by atoms with Crippen molar-refractivity contribution in [1.29, 1.82) is 0 Å². The van der Waals surface area contributed by atoms with Crippen LogP contribution >= 0.6 is 0 Å². The first-order valence-corrected chi connectivity index (χ1v) is 7.29. The monoisotopic (exact) mass is 258 g/mol. The van der Waals surface area contributed by atoms with Crippen molar-refractivity contribution in [3.63, 3.8) is 0 Å². The normalized spacial score (nSPS) is 24.7. The summed E-state index contributed by atoms with van der Waals surface area (Å²) in [6.07, 6.45) is 5.17. The van der Waals surface area contributed by atoms with E-state index in [9.17, 15) is 0 Å². The third-order valence-corrected chi connectivity index (χ3v) is 3.34. The van der Waals surface area contributed by atoms with Crippen molar-refractivity contribution >= 4 is 0 Å². The predicted octanol–water partition coefficient (Wildman–Crippen LogP) is 1.50. The standard InChI is InChI=1S/C14H30N2O2/c1-4-5-14-12-13(6-9-18-14)15-7-10-17-11-8-16(2)3/h13-15H,4-12H2,1-3H3. The molecule has 1 heterocycles. The maximum Gasteiger partial charge on any atom is 0.0593 e. The third-order valence-electron chi connectivity index (χ3n) is 3.34. The zero-order valence-electron chi connectivity index (χ0n) is 12.3. The van der Waals surface area contributed by atoms with E-state index in [0.717, 1.165) is 45.8 Å². The van der Waals surface area contributed by atoms with Crippen molar-refractivity contribution in [1.82, 2.24) is 10.2 Å². The Kier molecular flexibility index (Phi) is 8.59. The van der Waals surface area contributed by atoms with Crippen LogP contribution in [0.1, 0.15) is 32.6 Å². The maximum absolute atomic E-state index is 5.74. The highest BCUT2D eigenvalue weighted by molar-refractivity contribution is 4.76. The lowest BCUT2D eigenvalue weighted by Gasteiger charge is -2.30. The molecule has 0 radical (unpaired) electrons. The Hall–Kier alpha value is -0.160. The van der Waals surface area contributed by atoms with Crippen molar-refractivity contribution in [2.24, 2.45) is 0 Å². The summed E-state index contributed by atoms with van der Waals surface area (Å²) in [6.45, 7) is 6.71. The number of ether oxygens (including phenoxy) is 2. The Morgan fingerprint density at radius 1 is 1.33 bits per heavy atom. The van der Waals surface area contributed by atoms with E-state index in [1.807, 2.05) is 0 Å². The van der Waals surface area contributed by atoms with Crippen molar-refractivity contribution in [3.05, 3.63) is 0 Å². The van der Waals surface area contributed by atoms with Crippen LogP contribution in [0.4, 0.5) is 0 Å². The van der Waals surface area contributed by atoms with Gasteiger partial charge >= 0.3 is 0 Å². The molecule has 1 N–H and O–H groups in total. The Morgan fingerprint density at radius 3 is 2.89 bits per heavy atom. The minimum atomic E-state index is 0.468. The smallest absolute Gasteiger partial charge is 0.0593 e. The molecule has 0 aromatic heterocycles. The number of nitrogens with zero attached hydrogens (tertiary/aromatic N) is 1. The van der Waals surface area contributed by atoms with Gasteiger partial charge in [0.25, 0.3) is 0 Å². The molecule has 4 heteroatoms. The molecule has 0 bridgehead atoms. The number of nitrogens with one attached hydrogen (secondary N) is 1. The van der Waals surface area contributed by atoms with E-state index in [2.05, 4.69) is 31.2 Å². The van der Waals surface area contributed by atoms with Gasteiger partial charge in [-0.3, -0.25) is 0 Å². The second-order valence-electron chi connectivity index (χ2n) is 5.37. The number of likely N-dealkylation sites (N-methyl/N-ethyl adjacent to an activating group) is 1. The summed E-state index contributed by atoms with van der Waals surface area (Å²) in [5, 5.41) is 3.58. The Morgan fingerprint density at radius 2 is 2.17 bits per heavy atom. The van der Waals surface area contributed by atoms with Crippen LogP contribution in [0.5, 0.6) is 0 Å². The SMILES string of the molecule is CCCC1CC(NCCOCCN(C)C)CCO1. The molecule has 1 fully saturated rings. The summed E-state index contributed by atoms with van der Waals surface area (Å²) in [4.78, 5) is 2.14. The summed E-state index contributed by atoms with van der Waals surface area (Å²) in [6, 6.07) is 0.618. The average molecular weight is 258 g/mol. The van der Waals surface area contributed by atoms with Crippen LogP contribution in [0.15, 0.2) is 0 Å². The minimum absolute atomic E-state index is 0.468. The third kappa shape index (κ3) is 7.31. The lowest BCUT2D eigenvalue weighted by Crippen LogP contribution is -2.40. The highest BCUT2D eigenvalue weighted by atomic mass is 16.5. The van der Waals surface area contributed by atoms with Crippen molar-refractivity contribution < 1.29 is 9.47 Å². The fraction of sp³-hybridized carbons (Fsp3) is 1.00. The van der Waals surface area contributed by atoms with Gasteiger partial charge in [-0.15, -0.1) is 0 Å². The Labute approximate surface area is 112 Å². The molecule has 0 saturated carbocycles. The van der Waals surface area contributed by atoms with Gasteiger partial charge in [0.05, 0.1) is 19.3 Å². The number of rotatable bonds is 9. The summed E-state index contributed by atoms with van der Waals surface area (Å²) in [7, 11) is 4.13. The van der Waals surface area contributed by atoms with Crippen LogP contribution in [0.25, 0.3) is 0 Å². The van der Waals surface area contributed by atoms with E-state index >= 15 is 0 Å². The van der Waals surface area contributed by atoms with Gasteiger partial charge < -0.3 is 19.7 Å². The molecule has 108 valence electrons. The van der Waals surface area contributed by atoms with Gasteiger partial charge in [-0.05, 0) is 33.4 Å². The lowest BCUT2D eigenvalue weighted by molar-refractivity contribution is -0.00447. The fourth-order valence-electron chi connectivity index (χ4n) is 2.27. The molecule has 0 amide bonds. The minimum Gasteiger partial charge on any atom is -0.379 e. The van der Waals surface area contributed by atoms with Crippen LogP contribution in [-0.4, -0.2) is 64.1 Å². The van der Waals surface area contributed by atoms with Crippen LogP contribution in [-0.2, 0) is 9.47 Å². The van der Waals surface area contributed by atoms with E-state index in [4.69, 9.17) is 9.47 Å². The zero-order valence-corrected chi connectivity index (χ0v) is 12.3. The molecule has 0 aromatic carbocycles. The lowest BCUT2D eigenvalue weighted by atomic mass is 10.0. The number of hydrogen-bond donors (Lipinski definition) is 1. The molecule has 1 aliphatic rings. The van der Waals surface area contributed by atoms with Crippen molar-refractivity contribution in [2.75, 3.05) is 47.0 Å². The van der Waals surface area contributed by atoms with Gasteiger partial charge in [0.2, 0.25) is 0 Å². The molecule has 0 aliphatic carbocycles. The Balaban J connectivity index is 1.98. The maximum atomic E-state index is 5.74. The molecule has 1 saturated heterocycles. The molecule has 2 unspecified atom stereocenters. The molecule has 2 atom stereocenters. The van der Waals surface area contributed by atoms with Crippen LogP contribution < -0.4 is 5.32 Å². The highest BCUT2D eigenvalue weighted by Gasteiger charge is 2.21. The second kappa shape index (κ2) is 9.73. The zero-order chi connectivity index (χ0) is 13.2. The first-order valence-electron chi connectivity index (χ1n) is 7.29. The first kappa shape index (κ1) is 15.9. The summed E-state index contributed by atoms with van der Waals surface area (Å²) in [5.41, 5.74) is 0. The van der Waals surface area contributed by atoms with Crippen LogP contribution in [0, 0.1) is 0 Å². The molecular weight excluding hydrogens is 228 g/mol. The molecule has 1 aliphatic heterocycles. The second-order valence-corrected chi connectivity index (χ2v) is 5.37. The highest BCUT2D eigenvalue weighted by Crippen LogP contribution is 2.17. The van der Waals surface area contributed by atoms with Gasteiger partial charge in [-0.1, -0.05) is 13.3 Å². The Bertz CT molecular complexity index is 198. The summed E-state index contributed by atoms with van der Waals surface area (Å²) >= 11 is 0. The van der Waals surface area contributed by atoms with E-state index in [0.29, 0.717) is 12.1 Å². The quantitative estimate of drug-likeness (QED) is 0.636. The van der Waals surface area contributed by atoms with Gasteiger partial charge in [-0.25, -0.2) is 0 Å². The molecule has 0 spiro atoms. The molecule has 4 nitrogen and oxygen atoms in total. The number of hydrogen-bond acceptors (Lipinski definition) is 4. The van der Waals surface area contributed by atoms with Gasteiger partial charge in [0.1, 0.15) is 0 Å².